The molecule has 14 heavy (non-hydrogen) atoms. The summed E-state index contributed by atoms with van der Waals surface area (Å²) >= 11 is 1.15. The molecule has 2 N–H and O–H groups in total. The van der Waals surface area contributed by atoms with Gasteiger partial charge in [0, 0.05) is 6.04 Å². The maximum Gasteiger partial charge on any atom is 0.319 e. The van der Waals surface area contributed by atoms with Crippen LogP contribution in [0.25, 0.3) is 0 Å². The van der Waals surface area contributed by atoms with Crippen LogP contribution in [-0.2, 0) is 9.59 Å². The first-order chi connectivity index (χ1) is 6.42. The topological polar surface area (TPSA) is 66.4 Å². The van der Waals surface area contributed by atoms with Crippen molar-refractivity contribution in [3.05, 3.63) is 0 Å². The van der Waals surface area contributed by atoms with Crippen molar-refractivity contribution < 1.29 is 14.7 Å². The van der Waals surface area contributed by atoms with Gasteiger partial charge in [0.15, 0.2) is 0 Å². The summed E-state index contributed by atoms with van der Waals surface area (Å²) in [5.74, 6) is -0.732. The summed E-state index contributed by atoms with van der Waals surface area (Å²) in [6.45, 7) is 3.20. The fraction of sp³-hybridized carbons (Fsp3) is 0.778. The van der Waals surface area contributed by atoms with Gasteiger partial charge in [-0.05, 0) is 26.7 Å². The number of carboxylic acid groups (broad SMARTS) is 1. The Morgan fingerprint density at radius 2 is 2.07 bits per heavy atom. The van der Waals surface area contributed by atoms with Crippen LogP contribution >= 0.6 is 11.8 Å². The van der Waals surface area contributed by atoms with Crippen molar-refractivity contribution in [1.29, 1.82) is 0 Å². The summed E-state index contributed by atoms with van der Waals surface area (Å²) < 4.78 is -0.888. The van der Waals surface area contributed by atoms with E-state index in [1.54, 1.807) is 13.8 Å². The number of aliphatic carboxylic acids is 1. The molecule has 0 heterocycles. The van der Waals surface area contributed by atoms with Gasteiger partial charge in [0.1, 0.15) is 4.75 Å². The third-order valence-electron chi connectivity index (χ3n) is 2.02. The van der Waals surface area contributed by atoms with Gasteiger partial charge in [-0.3, -0.25) is 9.59 Å². The molecule has 1 rings (SSSR count). The predicted molar refractivity (Wildman–Crippen MR) is 55.3 cm³/mol. The summed E-state index contributed by atoms with van der Waals surface area (Å²) in [6.07, 6.45) is 2.11. The molecule has 0 bridgehead atoms. The molecule has 1 aliphatic rings. The van der Waals surface area contributed by atoms with Crippen molar-refractivity contribution in [2.24, 2.45) is 0 Å². The van der Waals surface area contributed by atoms with E-state index in [0.29, 0.717) is 6.04 Å². The van der Waals surface area contributed by atoms with Gasteiger partial charge >= 0.3 is 5.97 Å². The quantitative estimate of drug-likeness (QED) is 0.717. The largest absolute Gasteiger partial charge is 0.480 e. The van der Waals surface area contributed by atoms with Gasteiger partial charge in [0.25, 0.3) is 0 Å². The van der Waals surface area contributed by atoms with Gasteiger partial charge in [-0.15, -0.1) is 11.8 Å². The van der Waals surface area contributed by atoms with E-state index in [0.717, 1.165) is 24.6 Å². The fourth-order valence-electron chi connectivity index (χ4n) is 0.805. The van der Waals surface area contributed by atoms with Crippen LogP contribution in [-0.4, -0.2) is 33.5 Å². The average molecular weight is 217 g/mol. The van der Waals surface area contributed by atoms with Crippen molar-refractivity contribution in [1.82, 2.24) is 5.32 Å². The van der Waals surface area contributed by atoms with Crippen molar-refractivity contribution in [3.63, 3.8) is 0 Å². The molecule has 0 aliphatic heterocycles. The molecule has 1 aliphatic carbocycles. The van der Waals surface area contributed by atoms with Crippen LogP contribution in [0.2, 0.25) is 0 Å². The van der Waals surface area contributed by atoms with E-state index in [1.807, 2.05) is 0 Å². The molecule has 0 aromatic carbocycles. The molecule has 4 nitrogen and oxygen atoms in total. The van der Waals surface area contributed by atoms with E-state index < -0.39 is 10.7 Å². The highest BCUT2D eigenvalue weighted by Crippen LogP contribution is 2.25. The molecule has 0 atom stereocenters. The SMILES string of the molecule is CC(C)(SCC(=O)NC1CC1)C(=O)O. The Labute approximate surface area is 87.4 Å². The van der Waals surface area contributed by atoms with Crippen molar-refractivity contribution >= 4 is 23.6 Å². The molecule has 80 valence electrons. The molecular formula is C9H15NO3S. The van der Waals surface area contributed by atoms with Crippen LogP contribution in [0.15, 0.2) is 0 Å². The van der Waals surface area contributed by atoms with Gasteiger partial charge < -0.3 is 10.4 Å². The van der Waals surface area contributed by atoms with Crippen molar-refractivity contribution in [3.8, 4) is 0 Å². The van der Waals surface area contributed by atoms with E-state index in [-0.39, 0.29) is 11.7 Å². The zero-order chi connectivity index (χ0) is 10.8. The highest BCUT2D eigenvalue weighted by molar-refractivity contribution is 8.01. The van der Waals surface area contributed by atoms with Crippen LogP contribution in [0.3, 0.4) is 0 Å². The van der Waals surface area contributed by atoms with Crippen LogP contribution in [0.1, 0.15) is 26.7 Å². The smallest absolute Gasteiger partial charge is 0.319 e. The molecule has 1 saturated carbocycles. The number of hydrogen-bond acceptors (Lipinski definition) is 3. The van der Waals surface area contributed by atoms with Gasteiger partial charge in [-0.25, -0.2) is 0 Å². The average Bonchev–Trinajstić information content (AvgIpc) is 2.85. The van der Waals surface area contributed by atoms with Crippen molar-refractivity contribution in [2.45, 2.75) is 37.5 Å². The third-order valence-corrected chi connectivity index (χ3v) is 3.32. The molecule has 5 heteroatoms. The van der Waals surface area contributed by atoms with Gasteiger partial charge in [0.2, 0.25) is 5.91 Å². The number of nitrogens with one attached hydrogen (secondary N) is 1. The maximum atomic E-state index is 11.2. The normalized spacial score (nSPS) is 16.4. The number of hydrogen-bond donors (Lipinski definition) is 2. The third kappa shape index (κ3) is 3.57. The number of carbonyl (C=O) groups is 2. The molecule has 0 unspecified atom stereocenters. The molecule has 0 saturated heterocycles. The van der Waals surface area contributed by atoms with Gasteiger partial charge in [-0.2, -0.15) is 0 Å². The molecular weight excluding hydrogens is 202 g/mol. The van der Waals surface area contributed by atoms with E-state index in [2.05, 4.69) is 5.32 Å². The Balaban J connectivity index is 2.24. The first-order valence-corrected chi connectivity index (χ1v) is 5.57. The van der Waals surface area contributed by atoms with Gasteiger partial charge in [-0.1, -0.05) is 0 Å². The van der Waals surface area contributed by atoms with Crippen LogP contribution < -0.4 is 5.32 Å². The Bertz CT molecular complexity index is 248. The van der Waals surface area contributed by atoms with E-state index in [4.69, 9.17) is 5.11 Å². The van der Waals surface area contributed by atoms with E-state index in [9.17, 15) is 9.59 Å². The fourth-order valence-corrected chi connectivity index (χ4v) is 1.50. The number of rotatable bonds is 5. The highest BCUT2D eigenvalue weighted by Gasteiger charge is 2.29. The number of amides is 1. The molecule has 0 aromatic rings. The highest BCUT2D eigenvalue weighted by atomic mass is 32.2. The lowest BCUT2D eigenvalue weighted by Crippen LogP contribution is -2.32. The first-order valence-electron chi connectivity index (χ1n) is 4.58. The van der Waals surface area contributed by atoms with E-state index >= 15 is 0 Å². The lowest BCUT2D eigenvalue weighted by Gasteiger charge is -2.17. The second-order valence-electron chi connectivity index (χ2n) is 3.95. The summed E-state index contributed by atoms with van der Waals surface area (Å²) in [6, 6.07) is 0.344. The minimum Gasteiger partial charge on any atom is -0.480 e. The molecule has 1 fully saturated rings. The van der Waals surface area contributed by atoms with Gasteiger partial charge in [0.05, 0.1) is 5.75 Å². The molecule has 1 amide bonds. The summed E-state index contributed by atoms with van der Waals surface area (Å²) in [7, 11) is 0. The maximum absolute atomic E-state index is 11.2. The van der Waals surface area contributed by atoms with Crippen LogP contribution in [0.5, 0.6) is 0 Å². The minimum absolute atomic E-state index is 0.0631. The summed E-state index contributed by atoms with van der Waals surface area (Å²) in [5.41, 5.74) is 0. The number of carboxylic acids is 1. The Kier molecular flexibility index (Phi) is 3.42. The van der Waals surface area contributed by atoms with Crippen molar-refractivity contribution in [2.75, 3.05) is 5.75 Å². The molecule has 0 aromatic heterocycles. The standard InChI is InChI=1S/C9H15NO3S/c1-9(2,8(12)13)14-5-7(11)10-6-3-4-6/h6H,3-5H2,1-2H3,(H,10,11)(H,12,13). The monoisotopic (exact) mass is 217 g/mol. The zero-order valence-electron chi connectivity index (χ0n) is 8.37. The summed E-state index contributed by atoms with van der Waals surface area (Å²) in [5, 5.41) is 11.6. The zero-order valence-corrected chi connectivity index (χ0v) is 9.19. The Hall–Kier alpha value is -0.710. The van der Waals surface area contributed by atoms with Crippen LogP contribution in [0, 0.1) is 0 Å². The molecule has 0 radical (unpaired) electrons. The van der Waals surface area contributed by atoms with E-state index in [1.165, 1.54) is 0 Å². The Morgan fingerprint density at radius 1 is 1.50 bits per heavy atom. The Morgan fingerprint density at radius 3 is 2.50 bits per heavy atom. The first kappa shape index (κ1) is 11.4. The second kappa shape index (κ2) is 4.21. The number of thioether (sulfide) groups is 1. The number of carbonyl (C=O) groups excluding carboxylic acids is 1. The lowest BCUT2D eigenvalue weighted by atomic mass is 10.2. The second-order valence-corrected chi connectivity index (χ2v) is 5.54. The lowest BCUT2D eigenvalue weighted by molar-refractivity contribution is -0.138. The minimum atomic E-state index is -0.888. The predicted octanol–water partition coefficient (Wildman–Crippen LogP) is 0.861. The molecule has 0 spiro atoms. The van der Waals surface area contributed by atoms with Crippen LogP contribution in [0.4, 0.5) is 0 Å². The summed E-state index contributed by atoms with van der Waals surface area (Å²) in [4.78, 5) is 22.0.